The summed E-state index contributed by atoms with van der Waals surface area (Å²) in [5.74, 6) is 2.59. The average Bonchev–Trinajstić information content (AvgIpc) is 3.00. The lowest BCUT2D eigenvalue weighted by molar-refractivity contribution is 0.480. The number of pyridine rings is 2. The zero-order valence-electron chi connectivity index (χ0n) is 12.1. The minimum absolute atomic E-state index is 0.462. The monoisotopic (exact) mass is 357 g/mol. The number of rotatable bonds is 2. The summed E-state index contributed by atoms with van der Waals surface area (Å²) in [6.07, 6.45) is 6.06. The molecule has 0 unspecified atom stereocenters. The van der Waals surface area contributed by atoms with Gasteiger partial charge >= 0.3 is 0 Å². The van der Waals surface area contributed by atoms with Crippen molar-refractivity contribution in [1.29, 1.82) is 0 Å². The molecule has 0 aromatic carbocycles. The highest BCUT2D eigenvalue weighted by atomic mass is 79.9. The molecule has 0 saturated carbocycles. The van der Waals surface area contributed by atoms with E-state index in [4.69, 9.17) is 0 Å². The Morgan fingerprint density at radius 1 is 1.05 bits per heavy atom. The van der Waals surface area contributed by atoms with Crippen molar-refractivity contribution >= 4 is 27.4 Å². The molecule has 0 N–H and O–H groups in total. The van der Waals surface area contributed by atoms with Gasteiger partial charge in [-0.1, -0.05) is 6.07 Å². The molecule has 1 aliphatic rings. The molecule has 3 aromatic rings. The summed E-state index contributed by atoms with van der Waals surface area (Å²) in [6, 6.07) is 10.1. The first kappa shape index (κ1) is 13.7. The minimum Gasteiger partial charge on any atom is -0.357 e. The molecule has 5 nitrogen and oxygen atoms in total. The molecule has 22 heavy (non-hydrogen) atoms. The van der Waals surface area contributed by atoms with Crippen molar-refractivity contribution in [1.82, 2.24) is 19.6 Å². The van der Waals surface area contributed by atoms with Crippen molar-refractivity contribution in [2.24, 2.45) is 0 Å². The van der Waals surface area contributed by atoms with Crippen molar-refractivity contribution in [2.45, 2.75) is 18.8 Å². The molecule has 0 amide bonds. The first-order valence-corrected chi connectivity index (χ1v) is 8.27. The molecule has 1 saturated heterocycles. The minimum atomic E-state index is 0.462. The largest absolute Gasteiger partial charge is 0.357 e. The zero-order valence-corrected chi connectivity index (χ0v) is 13.6. The maximum absolute atomic E-state index is 4.49. The van der Waals surface area contributed by atoms with E-state index in [9.17, 15) is 0 Å². The van der Waals surface area contributed by atoms with E-state index in [1.54, 1.807) is 0 Å². The van der Waals surface area contributed by atoms with Crippen molar-refractivity contribution in [3.05, 3.63) is 53.0 Å². The third kappa shape index (κ3) is 2.47. The normalized spacial score (nSPS) is 16.3. The molecule has 0 atom stereocenters. The summed E-state index contributed by atoms with van der Waals surface area (Å²) < 4.78 is 3.12. The van der Waals surface area contributed by atoms with Crippen LogP contribution in [0.4, 0.5) is 5.82 Å². The Bertz CT molecular complexity index is 775. The molecule has 0 aliphatic carbocycles. The molecule has 0 bridgehead atoms. The third-order valence-corrected chi connectivity index (χ3v) is 4.71. The van der Waals surface area contributed by atoms with Crippen LogP contribution in [0, 0.1) is 0 Å². The van der Waals surface area contributed by atoms with Gasteiger partial charge in [-0.05, 0) is 53.0 Å². The third-order valence-electron chi connectivity index (χ3n) is 4.24. The van der Waals surface area contributed by atoms with Crippen LogP contribution in [0.25, 0.3) is 5.65 Å². The van der Waals surface area contributed by atoms with Gasteiger partial charge in [0.2, 0.25) is 0 Å². The van der Waals surface area contributed by atoms with Crippen LogP contribution in [0.2, 0.25) is 0 Å². The Balaban J connectivity index is 1.51. The summed E-state index contributed by atoms with van der Waals surface area (Å²) in [6.45, 7) is 2.00. The molecule has 1 fully saturated rings. The van der Waals surface area contributed by atoms with Gasteiger partial charge in [0, 0.05) is 35.9 Å². The number of anilines is 1. The van der Waals surface area contributed by atoms with Crippen LogP contribution >= 0.6 is 15.9 Å². The Morgan fingerprint density at radius 2 is 1.91 bits per heavy atom. The van der Waals surface area contributed by atoms with Crippen LogP contribution in [-0.4, -0.2) is 32.7 Å². The molecular formula is C16H16BrN5. The van der Waals surface area contributed by atoms with Crippen LogP contribution in [0.3, 0.4) is 0 Å². The van der Waals surface area contributed by atoms with Crippen molar-refractivity contribution in [2.75, 3.05) is 18.0 Å². The summed E-state index contributed by atoms with van der Waals surface area (Å²) in [7, 11) is 0. The summed E-state index contributed by atoms with van der Waals surface area (Å²) in [5, 5.41) is 8.66. The van der Waals surface area contributed by atoms with E-state index in [-0.39, 0.29) is 0 Å². The smallest absolute Gasteiger partial charge is 0.160 e. The first-order valence-electron chi connectivity index (χ1n) is 7.47. The first-order chi connectivity index (χ1) is 10.8. The molecule has 112 valence electrons. The van der Waals surface area contributed by atoms with E-state index in [0.29, 0.717) is 5.92 Å². The second kappa shape index (κ2) is 5.68. The quantitative estimate of drug-likeness (QED) is 0.706. The van der Waals surface area contributed by atoms with E-state index in [1.807, 2.05) is 36.7 Å². The Hall–Kier alpha value is -1.95. The molecule has 0 spiro atoms. The molecule has 4 heterocycles. The highest BCUT2D eigenvalue weighted by molar-refractivity contribution is 9.10. The Labute approximate surface area is 137 Å². The number of piperidine rings is 1. The topological polar surface area (TPSA) is 46.3 Å². The highest BCUT2D eigenvalue weighted by Gasteiger charge is 2.24. The second-order valence-electron chi connectivity index (χ2n) is 5.58. The van der Waals surface area contributed by atoms with Gasteiger partial charge in [0.05, 0.1) is 0 Å². The molecular weight excluding hydrogens is 342 g/mol. The molecule has 1 aliphatic heterocycles. The van der Waals surface area contributed by atoms with Crippen LogP contribution < -0.4 is 4.90 Å². The van der Waals surface area contributed by atoms with Gasteiger partial charge in [0.15, 0.2) is 5.65 Å². The van der Waals surface area contributed by atoms with E-state index in [2.05, 4.69) is 46.5 Å². The molecule has 0 radical (unpaired) electrons. The predicted molar refractivity (Wildman–Crippen MR) is 89.1 cm³/mol. The molecule has 4 rings (SSSR count). The van der Waals surface area contributed by atoms with Crippen molar-refractivity contribution in [3.8, 4) is 0 Å². The summed E-state index contributed by atoms with van der Waals surface area (Å²) >= 11 is 3.43. The number of halogens is 1. The van der Waals surface area contributed by atoms with Crippen LogP contribution in [0.5, 0.6) is 0 Å². The zero-order chi connectivity index (χ0) is 14.9. The highest BCUT2D eigenvalue weighted by Crippen LogP contribution is 2.29. The number of fused-ring (bicyclic) bond motifs is 1. The molecule has 6 heteroatoms. The van der Waals surface area contributed by atoms with Gasteiger partial charge in [-0.15, -0.1) is 10.2 Å². The van der Waals surface area contributed by atoms with E-state index in [1.165, 1.54) is 0 Å². The fourth-order valence-electron chi connectivity index (χ4n) is 3.06. The van der Waals surface area contributed by atoms with Gasteiger partial charge in [0.25, 0.3) is 0 Å². The van der Waals surface area contributed by atoms with E-state index < -0.39 is 0 Å². The van der Waals surface area contributed by atoms with Crippen LogP contribution in [-0.2, 0) is 0 Å². The summed E-state index contributed by atoms with van der Waals surface area (Å²) in [4.78, 5) is 6.82. The van der Waals surface area contributed by atoms with Gasteiger partial charge in [0.1, 0.15) is 11.6 Å². The maximum atomic E-state index is 4.49. The number of hydrogen-bond acceptors (Lipinski definition) is 4. The predicted octanol–water partition coefficient (Wildman–Crippen LogP) is 3.27. The van der Waals surface area contributed by atoms with E-state index >= 15 is 0 Å². The van der Waals surface area contributed by atoms with Gasteiger partial charge < -0.3 is 4.90 Å². The van der Waals surface area contributed by atoms with Gasteiger partial charge in [-0.2, -0.15) is 0 Å². The lowest BCUT2D eigenvalue weighted by Gasteiger charge is -2.32. The summed E-state index contributed by atoms with van der Waals surface area (Å²) in [5.41, 5.74) is 0.925. The van der Waals surface area contributed by atoms with Crippen molar-refractivity contribution in [3.63, 3.8) is 0 Å². The van der Waals surface area contributed by atoms with E-state index in [0.717, 1.165) is 47.7 Å². The Morgan fingerprint density at radius 3 is 2.68 bits per heavy atom. The number of nitrogens with zero attached hydrogens (tertiary/aromatic N) is 5. The fourth-order valence-corrected chi connectivity index (χ4v) is 3.29. The maximum Gasteiger partial charge on any atom is 0.160 e. The van der Waals surface area contributed by atoms with Crippen LogP contribution in [0.15, 0.2) is 47.2 Å². The fraction of sp³-hybridized carbons (Fsp3) is 0.312. The average molecular weight is 358 g/mol. The van der Waals surface area contributed by atoms with Crippen LogP contribution in [0.1, 0.15) is 24.6 Å². The number of aromatic nitrogens is 4. The van der Waals surface area contributed by atoms with Gasteiger partial charge in [-0.3, -0.25) is 4.40 Å². The standard InChI is InChI=1S/C16H16BrN5/c17-13-4-5-14(18-11-13)21-9-6-12(7-10-21)16-20-19-15-3-1-2-8-22(15)16/h1-5,8,11-12H,6-7,9-10H2. The van der Waals surface area contributed by atoms with Crippen molar-refractivity contribution < 1.29 is 0 Å². The number of hydrogen-bond donors (Lipinski definition) is 0. The lowest BCUT2D eigenvalue weighted by Crippen LogP contribution is -2.33. The second-order valence-corrected chi connectivity index (χ2v) is 6.50. The SMILES string of the molecule is Brc1ccc(N2CCC(c3nnc4ccccn34)CC2)nc1. The lowest BCUT2D eigenvalue weighted by atomic mass is 9.96. The van der Waals surface area contributed by atoms with Gasteiger partial charge in [-0.25, -0.2) is 4.98 Å². The molecule has 3 aromatic heterocycles. The Kier molecular flexibility index (Phi) is 3.54.